The van der Waals surface area contributed by atoms with Gasteiger partial charge in [0.15, 0.2) is 0 Å². The molecule has 5 aliphatic rings. The Morgan fingerprint density at radius 2 is 0.889 bits per heavy atom. The summed E-state index contributed by atoms with van der Waals surface area (Å²) >= 11 is 0. The Bertz CT molecular complexity index is 4940. The minimum Gasteiger partial charge on any atom is -0.494 e. The number of halogens is 3. The van der Waals surface area contributed by atoms with Gasteiger partial charge in [0, 0.05) is 139 Å². The Morgan fingerprint density at radius 3 is 1.26 bits per heavy atom. The minimum absolute atomic E-state index is 0.197. The van der Waals surface area contributed by atoms with Crippen LogP contribution < -0.4 is 34.9 Å². The number of nitrogens with one attached hydrogen (secondary N) is 3. The molecule has 12 aromatic rings. The van der Waals surface area contributed by atoms with E-state index >= 15 is 0 Å². The molecule has 0 spiro atoms. The van der Waals surface area contributed by atoms with Crippen LogP contribution in [0.2, 0.25) is 0 Å². The highest BCUT2D eigenvalue weighted by molar-refractivity contribution is 5.81. The molecule has 3 N–H and O–H groups in total. The molecule has 2 fully saturated rings. The zero-order valence-electron chi connectivity index (χ0n) is 56.2. The first-order valence-electron chi connectivity index (χ1n) is 34.2. The van der Waals surface area contributed by atoms with Crippen LogP contribution in [0.1, 0.15) is 113 Å². The van der Waals surface area contributed by atoms with E-state index in [1.54, 1.807) is 24.4 Å². The van der Waals surface area contributed by atoms with Crippen LogP contribution in [0, 0.1) is 38.2 Å². The molecule has 2 saturated heterocycles. The second-order valence-corrected chi connectivity index (χ2v) is 25.8. The van der Waals surface area contributed by atoms with E-state index in [2.05, 4.69) is 93.3 Å². The molecule has 0 radical (unpaired) electrons. The van der Waals surface area contributed by atoms with Gasteiger partial charge in [0.2, 0.25) is 17.8 Å². The van der Waals surface area contributed by atoms with Gasteiger partial charge in [0.1, 0.15) is 57.4 Å². The van der Waals surface area contributed by atoms with Crippen LogP contribution in [0.25, 0.3) is 50.3 Å². The van der Waals surface area contributed by atoms with E-state index in [1.807, 2.05) is 89.2 Å². The van der Waals surface area contributed by atoms with E-state index in [1.165, 1.54) is 42.2 Å². The van der Waals surface area contributed by atoms with Gasteiger partial charge >= 0.3 is 0 Å². The van der Waals surface area contributed by atoms with Crippen molar-refractivity contribution in [1.29, 1.82) is 0 Å². The van der Waals surface area contributed by atoms with Crippen molar-refractivity contribution in [3.63, 3.8) is 0 Å². The van der Waals surface area contributed by atoms with Gasteiger partial charge in [-0.1, -0.05) is 67.6 Å². The van der Waals surface area contributed by atoms with Crippen molar-refractivity contribution in [3.05, 3.63) is 225 Å². The van der Waals surface area contributed by atoms with E-state index in [0.29, 0.717) is 93.1 Å². The average Bonchev–Trinajstić information content (AvgIpc) is 1.68. The smallest absolute Gasteiger partial charge is 0.208 e. The first kappa shape index (κ1) is 64.5. The van der Waals surface area contributed by atoms with Crippen LogP contribution in [-0.2, 0) is 43.6 Å². The van der Waals surface area contributed by atoms with Gasteiger partial charge in [-0.2, -0.15) is 0 Å². The first-order chi connectivity index (χ1) is 48.4. The van der Waals surface area contributed by atoms with Gasteiger partial charge < -0.3 is 39.6 Å². The summed E-state index contributed by atoms with van der Waals surface area (Å²) in [4.78, 5) is 30.6. The number of fused-ring (bicyclic) bond motifs is 6. The standard InChI is InChI=1S/C27H28FN5O.C26H25FN4O2.C25H25FN4O2/c1-17-16-33-26(31-17)21(18-5-7-19(8-6-18)24-4-3-12-32(24)2)14-29-27(33)30-15-22-20-11-13-34-25(20)10-9-23(22)28;1-16-15-31-25(30-16)20(17-4-6-18(7-5-17)23-3-2-11-32-23)13-28-26(31)29-14-21-19-10-12-33-24(19)9-8-22(21)27;1-3-11-31-18-6-4-17(5-7-18)20-13-27-25(30-15-16(2)29-24(20)30)28-14-21-19-10-12-32-23(19)9-8-22(21)26/h5-10,14,16,24H,3-4,11-13,15H2,1-2H3,(H,29,30);4-9,13,15,23H,2-3,10-12,14H2,1H3,(H,28,29);4-9,13,15H,3,10-12,14H2,1-2H3,(H,27,28). The molecule has 18 nitrogen and oxygen atoms in total. The average molecular weight is 1330 g/mol. The highest BCUT2D eigenvalue weighted by atomic mass is 19.1. The summed E-state index contributed by atoms with van der Waals surface area (Å²) in [5, 5.41) is 9.94. The lowest BCUT2D eigenvalue weighted by molar-refractivity contribution is 0.112. The highest BCUT2D eigenvalue weighted by Crippen LogP contribution is 2.38. The molecule has 2 atom stereocenters. The van der Waals surface area contributed by atoms with Crippen molar-refractivity contribution in [2.75, 3.05) is 62.6 Å². The Hall–Kier alpha value is -10.5. The molecule has 2 unspecified atom stereocenters. The third kappa shape index (κ3) is 13.3. The quantitative estimate of drug-likeness (QED) is 0.0784. The monoisotopic (exact) mass is 1330 g/mol. The number of hydrogen-bond acceptors (Lipinski definition) is 15. The largest absolute Gasteiger partial charge is 0.494 e. The second-order valence-electron chi connectivity index (χ2n) is 25.8. The zero-order valence-corrected chi connectivity index (χ0v) is 56.2. The number of rotatable bonds is 17. The van der Waals surface area contributed by atoms with Crippen LogP contribution in [0.4, 0.5) is 31.0 Å². The number of aromatic nitrogens is 9. The van der Waals surface area contributed by atoms with Gasteiger partial charge in [-0.3, -0.25) is 18.1 Å². The minimum atomic E-state index is -0.234. The predicted molar refractivity (Wildman–Crippen MR) is 377 cm³/mol. The number of benzene rings is 6. The zero-order chi connectivity index (χ0) is 67.7. The highest BCUT2D eigenvalue weighted by Gasteiger charge is 2.27. The maximum Gasteiger partial charge on any atom is 0.208 e. The lowest BCUT2D eigenvalue weighted by atomic mass is 10.0. The maximum atomic E-state index is 14.6. The molecule has 21 heteroatoms. The Labute approximate surface area is 572 Å². The summed E-state index contributed by atoms with van der Waals surface area (Å²) in [6.45, 7) is 13.4. The molecule has 506 valence electrons. The molecule has 17 rings (SSSR count). The fourth-order valence-corrected chi connectivity index (χ4v) is 14.2. The van der Waals surface area contributed by atoms with Crippen LogP contribution in [0.5, 0.6) is 23.0 Å². The summed E-state index contributed by atoms with van der Waals surface area (Å²) in [6.07, 6.45) is 19.3. The Balaban J connectivity index is 0.000000121. The van der Waals surface area contributed by atoms with Crippen molar-refractivity contribution in [2.24, 2.45) is 0 Å². The lowest BCUT2D eigenvalue weighted by Crippen LogP contribution is -2.17. The molecule has 0 saturated carbocycles. The summed E-state index contributed by atoms with van der Waals surface area (Å²) < 4.78 is 77.7. The summed E-state index contributed by atoms with van der Waals surface area (Å²) in [6, 6.07) is 35.2. The van der Waals surface area contributed by atoms with E-state index in [-0.39, 0.29) is 23.6 Å². The first-order valence-corrected chi connectivity index (χ1v) is 34.2. The van der Waals surface area contributed by atoms with Gasteiger partial charge in [-0.05, 0) is 143 Å². The maximum absolute atomic E-state index is 14.6. The van der Waals surface area contributed by atoms with Crippen LogP contribution in [0.3, 0.4) is 0 Å². The van der Waals surface area contributed by atoms with E-state index < -0.39 is 0 Å². The van der Waals surface area contributed by atoms with Gasteiger partial charge in [0.05, 0.1) is 49.6 Å². The summed E-state index contributed by atoms with van der Waals surface area (Å²) in [5.41, 5.74) is 18.4. The third-order valence-corrected chi connectivity index (χ3v) is 19.2. The molecule has 6 aromatic carbocycles. The van der Waals surface area contributed by atoms with E-state index in [0.717, 1.165) is 152 Å². The molecule has 5 aliphatic heterocycles. The van der Waals surface area contributed by atoms with Crippen molar-refractivity contribution in [2.45, 2.75) is 111 Å². The van der Waals surface area contributed by atoms with Crippen LogP contribution >= 0.6 is 0 Å². The molecular formula is C78H78F3N13O5. The summed E-state index contributed by atoms with van der Waals surface area (Å²) in [5.74, 6) is 4.35. The number of imidazole rings is 3. The van der Waals surface area contributed by atoms with Gasteiger partial charge in [-0.25, -0.2) is 43.1 Å². The SMILES string of the molecule is CCCOc1ccc(-c2cnc(NCc3c(F)ccc4c3CCO4)n3cc(C)nc23)cc1.Cc1cn2c(NCc3c(F)ccc4c3CCO4)ncc(-c3ccc(C4CCCN4C)cc3)c2n1.Cc1cn2c(NCc3c(F)ccc4c3CCO4)ncc(-c3ccc(C4CCCO4)cc3)c2n1. The van der Waals surface area contributed by atoms with Crippen molar-refractivity contribution < 1.29 is 36.9 Å². The molecular weight excluding hydrogens is 1260 g/mol. The summed E-state index contributed by atoms with van der Waals surface area (Å²) in [7, 11) is 2.20. The number of hydrogen-bond donors (Lipinski definition) is 3. The number of anilines is 3. The van der Waals surface area contributed by atoms with Crippen molar-refractivity contribution >= 4 is 34.8 Å². The van der Waals surface area contributed by atoms with Crippen LogP contribution in [0.15, 0.2) is 146 Å². The molecule has 11 heterocycles. The lowest BCUT2D eigenvalue weighted by Gasteiger charge is -2.20. The topological polar surface area (TPSA) is 176 Å². The fourth-order valence-electron chi connectivity index (χ4n) is 14.2. The number of aryl methyl sites for hydroxylation is 3. The van der Waals surface area contributed by atoms with E-state index in [4.69, 9.17) is 43.6 Å². The Morgan fingerprint density at radius 1 is 0.485 bits per heavy atom. The van der Waals surface area contributed by atoms with Gasteiger partial charge in [0.25, 0.3) is 0 Å². The normalized spacial score (nSPS) is 16.0. The molecule has 6 aromatic heterocycles. The number of likely N-dealkylation sites (tertiary alicyclic amines) is 1. The van der Waals surface area contributed by atoms with Gasteiger partial charge in [-0.15, -0.1) is 0 Å². The number of nitrogens with zero attached hydrogens (tertiary/aromatic N) is 10. The molecule has 0 aliphatic carbocycles. The number of ether oxygens (including phenoxy) is 5. The second kappa shape index (κ2) is 28.1. The van der Waals surface area contributed by atoms with Crippen LogP contribution in [-0.4, -0.2) is 94.6 Å². The Kier molecular flexibility index (Phi) is 18.3. The third-order valence-electron chi connectivity index (χ3n) is 19.2. The predicted octanol–water partition coefficient (Wildman–Crippen LogP) is 15.6. The van der Waals surface area contributed by atoms with Crippen molar-refractivity contribution in [1.82, 2.24) is 48.0 Å². The molecule has 0 bridgehead atoms. The van der Waals surface area contributed by atoms with Crippen molar-refractivity contribution in [3.8, 4) is 56.4 Å². The molecule has 99 heavy (non-hydrogen) atoms. The molecule has 0 amide bonds. The van der Waals surface area contributed by atoms with E-state index in [9.17, 15) is 13.2 Å². The fraction of sp³-hybridized carbons (Fsp3) is 0.308.